The molecule has 0 aromatic carbocycles. The Morgan fingerprint density at radius 3 is 1.70 bits per heavy atom. The number of urea groups is 1. The molecule has 5 nitrogen and oxygen atoms in total. The van der Waals surface area contributed by atoms with Gasteiger partial charge >= 0.3 is 6.03 Å². The minimum absolute atomic E-state index is 0.0351. The van der Waals surface area contributed by atoms with E-state index in [1.807, 2.05) is 11.8 Å². The number of hydrogen-bond acceptors (Lipinski definition) is 3. The fourth-order valence-corrected chi connectivity index (χ4v) is 6.05. The van der Waals surface area contributed by atoms with E-state index >= 15 is 0 Å². The lowest BCUT2D eigenvalue weighted by atomic mass is 9.70. The quantitative estimate of drug-likeness (QED) is 0.317. The Bertz CT molecular complexity index is 569. The lowest BCUT2D eigenvalue weighted by molar-refractivity contribution is -0.138. The molecule has 2 fully saturated rings. The normalized spacial score (nSPS) is 22.3. The molecule has 30 heavy (non-hydrogen) atoms. The van der Waals surface area contributed by atoms with E-state index in [9.17, 15) is 9.59 Å². The molecular weight excluding hydrogens is 374 g/mol. The van der Waals surface area contributed by atoms with E-state index in [0.717, 1.165) is 12.8 Å². The number of nitrogens with zero attached hydrogens (tertiary/aromatic N) is 2. The first-order valence-corrected chi connectivity index (χ1v) is 12.5. The lowest BCUT2D eigenvalue weighted by Crippen LogP contribution is -2.68. The van der Waals surface area contributed by atoms with Gasteiger partial charge in [-0.25, -0.2) is 4.79 Å². The van der Waals surface area contributed by atoms with Crippen molar-refractivity contribution in [3.8, 4) is 0 Å². The standard InChI is InChI=1S/C25H47N3O2/c1-7-9-10-11-12-13-14-15-16-17-18-27-21(29)25(28(8-2)22(27)30)19-23(3,4)26-24(5,6)20-25/h26H,7-20H2,1-6H3. The maximum atomic E-state index is 13.6. The van der Waals surface area contributed by atoms with Crippen LogP contribution in [0.1, 0.15) is 119 Å². The zero-order chi connectivity index (χ0) is 22.4. The number of unbranched alkanes of at least 4 members (excludes halogenated alkanes) is 9. The Labute approximate surface area is 185 Å². The predicted octanol–water partition coefficient (Wildman–Crippen LogP) is 5.87. The molecule has 0 atom stereocenters. The van der Waals surface area contributed by atoms with E-state index in [0.29, 0.717) is 25.9 Å². The summed E-state index contributed by atoms with van der Waals surface area (Å²) in [6.45, 7) is 14.0. The summed E-state index contributed by atoms with van der Waals surface area (Å²) in [6.07, 6.45) is 13.9. The minimum Gasteiger partial charge on any atom is -0.310 e. The number of carbonyl (C=O) groups excluding carboxylic acids is 2. The van der Waals surface area contributed by atoms with Crippen molar-refractivity contribution in [3.63, 3.8) is 0 Å². The monoisotopic (exact) mass is 421 g/mol. The molecule has 0 bridgehead atoms. The molecule has 2 aliphatic heterocycles. The molecule has 2 aliphatic rings. The first kappa shape index (κ1) is 25.2. The predicted molar refractivity (Wildman–Crippen MR) is 125 cm³/mol. The zero-order valence-corrected chi connectivity index (χ0v) is 20.6. The summed E-state index contributed by atoms with van der Waals surface area (Å²) in [6, 6.07) is -0.0769. The van der Waals surface area contributed by atoms with Crippen LogP contribution in [0.5, 0.6) is 0 Å². The Morgan fingerprint density at radius 1 is 0.767 bits per heavy atom. The summed E-state index contributed by atoms with van der Waals surface area (Å²) in [4.78, 5) is 30.1. The third-order valence-electron chi connectivity index (χ3n) is 6.82. The van der Waals surface area contributed by atoms with Gasteiger partial charge in [-0.1, -0.05) is 64.7 Å². The van der Waals surface area contributed by atoms with Crippen molar-refractivity contribution in [2.45, 2.75) is 135 Å². The van der Waals surface area contributed by atoms with Crippen molar-refractivity contribution in [1.29, 1.82) is 0 Å². The average molecular weight is 422 g/mol. The Morgan fingerprint density at radius 2 is 1.23 bits per heavy atom. The van der Waals surface area contributed by atoms with Crippen molar-refractivity contribution in [2.24, 2.45) is 0 Å². The second-order valence-electron chi connectivity index (χ2n) is 10.9. The number of imide groups is 1. The van der Waals surface area contributed by atoms with Gasteiger partial charge in [0.2, 0.25) is 0 Å². The topological polar surface area (TPSA) is 52.7 Å². The molecule has 5 heteroatoms. The Hall–Kier alpha value is -1.10. The summed E-state index contributed by atoms with van der Waals surface area (Å²) in [5.41, 5.74) is -1.06. The van der Waals surface area contributed by atoms with Gasteiger partial charge in [-0.3, -0.25) is 9.69 Å². The van der Waals surface area contributed by atoms with E-state index < -0.39 is 5.54 Å². The molecule has 3 amide bonds. The molecule has 0 unspecified atom stereocenters. The van der Waals surface area contributed by atoms with Gasteiger partial charge < -0.3 is 10.2 Å². The highest BCUT2D eigenvalue weighted by Gasteiger charge is 2.62. The van der Waals surface area contributed by atoms with Crippen molar-refractivity contribution in [3.05, 3.63) is 0 Å². The highest BCUT2D eigenvalue weighted by atomic mass is 16.2. The molecule has 174 valence electrons. The van der Waals surface area contributed by atoms with Gasteiger partial charge in [-0.05, 0) is 53.9 Å². The van der Waals surface area contributed by atoms with E-state index in [4.69, 9.17) is 0 Å². The average Bonchev–Trinajstić information content (AvgIpc) is 2.80. The molecule has 0 radical (unpaired) electrons. The molecular formula is C25H47N3O2. The number of amides is 3. The van der Waals surface area contributed by atoms with Crippen LogP contribution < -0.4 is 5.32 Å². The molecule has 1 N–H and O–H groups in total. The number of rotatable bonds is 12. The first-order chi connectivity index (χ1) is 14.1. The maximum Gasteiger partial charge on any atom is 0.327 e. The van der Waals surface area contributed by atoms with E-state index in [-0.39, 0.29) is 23.0 Å². The van der Waals surface area contributed by atoms with Gasteiger partial charge in [0.15, 0.2) is 0 Å². The minimum atomic E-state index is -0.692. The first-order valence-electron chi connectivity index (χ1n) is 12.5. The van der Waals surface area contributed by atoms with Gasteiger partial charge in [0.25, 0.3) is 5.91 Å². The second kappa shape index (κ2) is 10.5. The van der Waals surface area contributed by atoms with Crippen molar-refractivity contribution >= 4 is 11.9 Å². The Kier molecular flexibility index (Phi) is 8.79. The number of nitrogens with one attached hydrogen (secondary N) is 1. The smallest absolute Gasteiger partial charge is 0.310 e. The molecule has 2 heterocycles. The van der Waals surface area contributed by atoms with Gasteiger partial charge in [0.05, 0.1) is 0 Å². The number of likely N-dealkylation sites (N-methyl/N-ethyl adjacent to an activating group) is 1. The van der Waals surface area contributed by atoms with Crippen LogP contribution in [0.15, 0.2) is 0 Å². The summed E-state index contributed by atoms with van der Waals surface area (Å²) < 4.78 is 0. The van der Waals surface area contributed by atoms with Gasteiger partial charge in [-0.15, -0.1) is 0 Å². The lowest BCUT2D eigenvalue weighted by Gasteiger charge is -2.52. The molecule has 0 aromatic heterocycles. The Balaban J connectivity index is 1.87. The van der Waals surface area contributed by atoms with Crippen molar-refractivity contribution in [2.75, 3.05) is 13.1 Å². The van der Waals surface area contributed by atoms with Crippen molar-refractivity contribution < 1.29 is 9.59 Å². The van der Waals surface area contributed by atoms with Crippen LogP contribution in [0.2, 0.25) is 0 Å². The third-order valence-corrected chi connectivity index (χ3v) is 6.82. The number of carbonyl (C=O) groups is 2. The molecule has 0 aliphatic carbocycles. The van der Waals surface area contributed by atoms with Crippen LogP contribution in [0, 0.1) is 0 Å². The van der Waals surface area contributed by atoms with Crippen LogP contribution in [0.3, 0.4) is 0 Å². The molecule has 2 saturated heterocycles. The van der Waals surface area contributed by atoms with Gasteiger partial charge in [0.1, 0.15) is 5.54 Å². The molecule has 1 spiro atoms. The summed E-state index contributed by atoms with van der Waals surface area (Å²) >= 11 is 0. The number of hydrogen-bond donors (Lipinski definition) is 1. The summed E-state index contributed by atoms with van der Waals surface area (Å²) in [5.74, 6) is 0.0351. The number of piperidine rings is 1. The van der Waals surface area contributed by atoms with Crippen LogP contribution >= 0.6 is 0 Å². The van der Waals surface area contributed by atoms with E-state index in [2.05, 4.69) is 39.9 Å². The van der Waals surface area contributed by atoms with Crippen LogP contribution in [0.25, 0.3) is 0 Å². The molecule has 0 aromatic rings. The van der Waals surface area contributed by atoms with E-state index in [1.54, 1.807) is 4.90 Å². The fraction of sp³-hybridized carbons (Fsp3) is 0.920. The highest BCUT2D eigenvalue weighted by molar-refractivity contribution is 6.07. The summed E-state index contributed by atoms with van der Waals surface area (Å²) in [5, 5.41) is 3.66. The largest absolute Gasteiger partial charge is 0.327 e. The molecule has 0 saturated carbocycles. The third kappa shape index (κ3) is 5.99. The zero-order valence-electron chi connectivity index (χ0n) is 20.6. The SMILES string of the molecule is CCCCCCCCCCCCN1C(=O)N(CC)C2(CC(C)(C)NC(C)(C)C2)C1=O. The van der Waals surface area contributed by atoms with Crippen LogP contribution in [-0.4, -0.2) is 51.4 Å². The maximum absolute atomic E-state index is 13.6. The van der Waals surface area contributed by atoms with Crippen molar-refractivity contribution in [1.82, 2.24) is 15.1 Å². The highest BCUT2D eigenvalue weighted by Crippen LogP contribution is 2.44. The van der Waals surface area contributed by atoms with Crippen LogP contribution in [0.4, 0.5) is 4.79 Å². The van der Waals surface area contributed by atoms with Crippen LogP contribution in [-0.2, 0) is 4.79 Å². The van der Waals surface area contributed by atoms with Gasteiger partial charge in [-0.2, -0.15) is 0 Å². The fourth-order valence-electron chi connectivity index (χ4n) is 6.05. The molecule has 2 rings (SSSR count). The summed E-state index contributed by atoms with van der Waals surface area (Å²) in [7, 11) is 0. The second-order valence-corrected chi connectivity index (χ2v) is 10.9. The van der Waals surface area contributed by atoms with Gasteiger partial charge in [0, 0.05) is 24.2 Å². The van der Waals surface area contributed by atoms with E-state index in [1.165, 1.54) is 51.4 Å².